The standard InChI is InChI=1S/C37H50N6O14/c1-21(44)39-28-16-18-43(34(49)42-28)33-31(55-24(4)47)30(54-23(3)46)29(56-33)27(20-52-22(2)45)40-32(48)26(41-36(51)57-37(5,6)7)15-11-12-17-38-35(50)53-19-25-13-9-8-10-14-25/h8-10,13-14,16,18,26-27,29-31,33H,11-12,15,17,19-20H2,1-7H3,(H,38,50)(H,40,48)(H,41,51)(H,39,42,44,49). The lowest BCUT2D eigenvalue weighted by Gasteiger charge is -2.30. The molecule has 312 valence electrons. The van der Waals surface area contributed by atoms with Crippen LogP contribution in [0.15, 0.2) is 47.4 Å². The summed E-state index contributed by atoms with van der Waals surface area (Å²) in [6.45, 7) is 9.08. The maximum Gasteiger partial charge on any atom is 0.408 e. The number of alkyl carbamates (subject to hydrolysis) is 2. The minimum Gasteiger partial charge on any atom is -0.464 e. The van der Waals surface area contributed by atoms with Gasteiger partial charge in [0, 0.05) is 40.4 Å². The minimum atomic E-state index is -1.51. The highest BCUT2D eigenvalue weighted by Crippen LogP contribution is 2.35. The van der Waals surface area contributed by atoms with Crippen molar-refractivity contribution in [3.63, 3.8) is 0 Å². The number of anilines is 1. The zero-order valence-corrected chi connectivity index (χ0v) is 32.9. The molecular formula is C37H50N6O14. The Morgan fingerprint density at radius 1 is 0.842 bits per heavy atom. The number of unbranched alkanes of at least 4 members (excludes halogenated alkanes) is 1. The van der Waals surface area contributed by atoms with Crippen molar-refractivity contribution in [1.82, 2.24) is 25.5 Å². The van der Waals surface area contributed by atoms with Crippen LogP contribution in [0.4, 0.5) is 15.4 Å². The number of rotatable bonds is 17. The van der Waals surface area contributed by atoms with Gasteiger partial charge in [-0.15, -0.1) is 0 Å². The van der Waals surface area contributed by atoms with Gasteiger partial charge in [-0.05, 0) is 51.7 Å². The van der Waals surface area contributed by atoms with E-state index in [4.69, 9.17) is 28.4 Å². The van der Waals surface area contributed by atoms with Gasteiger partial charge in [-0.2, -0.15) is 4.98 Å². The lowest BCUT2D eigenvalue weighted by Crippen LogP contribution is -2.57. The van der Waals surface area contributed by atoms with Crippen LogP contribution in [0.5, 0.6) is 0 Å². The Bertz CT molecular complexity index is 1800. The summed E-state index contributed by atoms with van der Waals surface area (Å²) in [5.41, 5.74) is -1.06. The molecule has 1 aromatic heterocycles. The fourth-order valence-electron chi connectivity index (χ4n) is 5.58. The molecule has 3 rings (SSSR count). The first kappa shape index (κ1) is 45.3. The highest BCUT2D eigenvalue weighted by Gasteiger charge is 2.54. The van der Waals surface area contributed by atoms with E-state index in [1.165, 1.54) is 19.2 Å². The largest absolute Gasteiger partial charge is 0.464 e. The van der Waals surface area contributed by atoms with Gasteiger partial charge < -0.3 is 49.7 Å². The number of carbonyl (C=O) groups is 7. The Morgan fingerprint density at radius 3 is 2.11 bits per heavy atom. The fraction of sp³-hybridized carbons (Fsp3) is 0.541. The Labute approximate surface area is 328 Å². The van der Waals surface area contributed by atoms with Crippen molar-refractivity contribution in [2.45, 2.75) is 117 Å². The van der Waals surface area contributed by atoms with Gasteiger partial charge in [0.05, 0.1) is 6.04 Å². The third-order valence-electron chi connectivity index (χ3n) is 7.84. The first-order chi connectivity index (χ1) is 26.8. The molecule has 1 aliphatic rings. The van der Waals surface area contributed by atoms with Crippen molar-refractivity contribution in [3.8, 4) is 0 Å². The highest BCUT2D eigenvalue weighted by molar-refractivity contribution is 5.87. The van der Waals surface area contributed by atoms with Crippen LogP contribution in [0.25, 0.3) is 0 Å². The molecule has 6 atom stereocenters. The number of amides is 4. The van der Waals surface area contributed by atoms with E-state index in [-0.39, 0.29) is 25.4 Å². The highest BCUT2D eigenvalue weighted by atomic mass is 16.6. The Kier molecular flexibility index (Phi) is 16.9. The molecule has 1 aliphatic heterocycles. The number of hydrogen-bond acceptors (Lipinski definition) is 15. The maximum atomic E-state index is 14.0. The Hall–Kier alpha value is -6.05. The van der Waals surface area contributed by atoms with Crippen molar-refractivity contribution in [2.24, 2.45) is 0 Å². The van der Waals surface area contributed by atoms with Gasteiger partial charge in [0.1, 0.15) is 36.8 Å². The van der Waals surface area contributed by atoms with Gasteiger partial charge in [-0.3, -0.25) is 28.5 Å². The third kappa shape index (κ3) is 15.5. The molecule has 2 aromatic rings. The van der Waals surface area contributed by atoms with E-state index in [1.807, 2.05) is 30.3 Å². The van der Waals surface area contributed by atoms with Crippen LogP contribution in [0.3, 0.4) is 0 Å². The first-order valence-electron chi connectivity index (χ1n) is 18.1. The molecule has 6 unspecified atom stereocenters. The second kappa shape index (κ2) is 21.3. The number of hydrogen-bond donors (Lipinski definition) is 4. The molecule has 0 aliphatic carbocycles. The number of esters is 3. The van der Waals surface area contributed by atoms with Gasteiger partial charge in [0.2, 0.25) is 11.8 Å². The van der Waals surface area contributed by atoms with Crippen LogP contribution >= 0.6 is 0 Å². The summed E-state index contributed by atoms with van der Waals surface area (Å²) < 4.78 is 34.0. The normalized spacial score (nSPS) is 18.5. The van der Waals surface area contributed by atoms with Crippen molar-refractivity contribution in [1.29, 1.82) is 0 Å². The van der Waals surface area contributed by atoms with Crippen molar-refractivity contribution in [3.05, 3.63) is 58.6 Å². The topological polar surface area (TPSA) is 258 Å². The molecule has 1 fully saturated rings. The van der Waals surface area contributed by atoms with Crippen molar-refractivity contribution in [2.75, 3.05) is 18.5 Å². The van der Waals surface area contributed by atoms with Gasteiger partial charge in [-0.25, -0.2) is 14.4 Å². The van der Waals surface area contributed by atoms with Crippen LogP contribution in [0.1, 0.15) is 79.5 Å². The SMILES string of the molecule is CC(=O)Nc1ccn(C2OC(C(COC(C)=O)NC(=O)C(CCCCNC(=O)OCc3ccccc3)NC(=O)OC(C)(C)C)C(OC(C)=O)C2OC(C)=O)c(=O)n1. The molecule has 1 saturated heterocycles. The summed E-state index contributed by atoms with van der Waals surface area (Å²) in [6.07, 6.45) is -5.59. The summed E-state index contributed by atoms with van der Waals surface area (Å²) in [6, 6.07) is 7.78. The number of ether oxygens (including phenoxy) is 6. The maximum absolute atomic E-state index is 14.0. The number of benzene rings is 1. The zero-order chi connectivity index (χ0) is 42.3. The number of nitrogens with zero attached hydrogens (tertiary/aromatic N) is 2. The molecule has 20 nitrogen and oxygen atoms in total. The van der Waals surface area contributed by atoms with Gasteiger partial charge in [0.25, 0.3) is 0 Å². The van der Waals surface area contributed by atoms with E-state index in [0.717, 1.165) is 30.9 Å². The smallest absolute Gasteiger partial charge is 0.408 e. The monoisotopic (exact) mass is 802 g/mol. The van der Waals surface area contributed by atoms with Crippen LogP contribution in [-0.2, 0) is 59.0 Å². The van der Waals surface area contributed by atoms with Crippen molar-refractivity contribution < 1.29 is 62.0 Å². The van der Waals surface area contributed by atoms with E-state index in [0.29, 0.717) is 12.8 Å². The minimum absolute atomic E-state index is 0.0331. The molecule has 4 N–H and O–H groups in total. The van der Waals surface area contributed by atoms with Gasteiger partial charge >= 0.3 is 35.8 Å². The Balaban J connectivity index is 1.86. The van der Waals surface area contributed by atoms with Crippen LogP contribution in [0.2, 0.25) is 0 Å². The first-order valence-corrected chi connectivity index (χ1v) is 18.1. The van der Waals surface area contributed by atoms with Gasteiger partial charge in [-0.1, -0.05) is 30.3 Å². The van der Waals surface area contributed by atoms with E-state index in [9.17, 15) is 38.4 Å². The molecule has 0 spiro atoms. The van der Waals surface area contributed by atoms with Crippen LogP contribution < -0.4 is 27.0 Å². The summed E-state index contributed by atoms with van der Waals surface area (Å²) in [4.78, 5) is 104. The molecule has 0 bridgehead atoms. The molecule has 0 saturated carbocycles. The molecular weight excluding hydrogens is 752 g/mol. The third-order valence-corrected chi connectivity index (χ3v) is 7.84. The average Bonchev–Trinajstić information content (AvgIpc) is 3.43. The van der Waals surface area contributed by atoms with E-state index in [2.05, 4.69) is 26.3 Å². The molecule has 1 aromatic carbocycles. The number of carbonyl (C=O) groups excluding carboxylic acids is 7. The van der Waals surface area contributed by atoms with E-state index >= 15 is 0 Å². The summed E-state index contributed by atoms with van der Waals surface area (Å²) in [5, 5.41) is 10.2. The molecule has 2 heterocycles. The molecule has 4 amide bonds. The second-order valence-electron chi connectivity index (χ2n) is 13.9. The molecule has 0 radical (unpaired) electrons. The number of nitrogens with one attached hydrogen (secondary N) is 4. The zero-order valence-electron chi connectivity index (χ0n) is 32.9. The van der Waals surface area contributed by atoms with E-state index < -0.39 is 96.4 Å². The summed E-state index contributed by atoms with van der Waals surface area (Å²) >= 11 is 0. The second-order valence-corrected chi connectivity index (χ2v) is 13.9. The fourth-order valence-corrected chi connectivity index (χ4v) is 5.58. The lowest BCUT2D eigenvalue weighted by atomic mass is 10.0. The summed E-state index contributed by atoms with van der Waals surface area (Å²) in [5.74, 6) is -3.83. The van der Waals surface area contributed by atoms with Crippen molar-refractivity contribution >= 4 is 47.7 Å². The Morgan fingerprint density at radius 2 is 1.51 bits per heavy atom. The molecule has 57 heavy (non-hydrogen) atoms. The quantitative estimate of drug-likeness (QED) is 0.101. The van der Waals surface area contributed by atoms with Crippen LogP contribution in [-0.4, -0.2) is 101 Å². The summed E-state index contributed by atoms with van der Waals surface area (Å²) in [7, 11) is 0. The van der Waals surface area contributed by atoms with Crippen LogP contribution in [0, 0.1) is 0 Å². The number of aromatic nitrogens is 2. The average molecular weight is 803 g/mol. The molecule has 20 heteroatoms. The lowest BCUT2D eigenvalue weighted by molar-refractivity contribution is -0.166. The predicted molar refractivity (Wildman–Crippen MR) is 198 cm³/mol. The van der Waals surface area contributed by atoms with Gasteiger partial charge in [0.15, 0.2) is 18.4 Å². The van der Waals surface area contributed by atoms with E-state index in [1.54, 1.807) is 20.8 Å². The predicted octanol–water partition coefficient (Wildman–Crippen LogP) is 2.00.